The molecule has 2 rings (SSSR count). The summed E-state index contributed by atoms with van der Waals surface area (Å²) in [7, 11) is 0. The van der Waals surface area contributed by atoms with Crippen LogP contribution < -0.4 is 5.73 Å². The van der Waals surface area contributed by atoms with Crippen LogP contribution in [-0.2, 0) is 11.3 Å². The summed E-state index contributed by atoms with van der Waals surface area (Å²) in [6.45, 7) is 2.24. The van der Waals surface area contributed by atoms with Crippen LogP contribution in [-0.4, -0.2) is 23.9 Å². The van der Waals surface area contributed by atoms with Gasteiger partial charge in [0.2, 0.25) is 5.91 Å². The van der Waals surface area contributed by atoms with E-state index in [0.29, 0.717) is 18.9 Å². The molecule has 0 aromatic heterocycles. The number of nitrogens with zero attached hydrogens (tertiary/aromatic N) is 1. The van der Waals surface area contributed by atoms with Gasteiger partial charge in [-0.15, -0.1) is 12.4 Å². The van der Waals surface area contributed by atoms with E-state index in [2.05, 4.69) is 12.1 Å². The normalized spacial score (nSPS) is 14.2. The van der Waals surface area contributed by atoms with Crippen LogP contribution in [0.4, 0.5) is 0 Å². The molecule has 1 saturated carbocycles. The lowest BCUT2D eigenvalue weighted by atomic mass is 9.85. The maximum Gasteiger partial charge on any atom is 0.222 e. The first kappa shape index (κ1) is 17.0. The number of carbonyl (C=O) groups excluding carboxylic acids is 1. The summed E-state index contributed by atoms with van der Waals surface area (Å²) in [5.74, 6) is 0.965. The number of nitrogens with two attached hydrogens (primary N) is 1. The van der Waals surface area contributed by atoms with Crippen LogP contribution in [0.1, 0.15) is 37.7 Å². The largest absolute Gasteiger partial charge is 0.338 e. The van der Waals surface area contributed by atoms with Crippen molar-refractivity contribution in [2.45, 2.75) is 38.6 Å². The molecule has 0 saturated heterocycles. The number of halogens is 1. The maximum atomic E-state index is 12.3. The van der Waals surface area contributed by atoms with Gasteiger partial charge in [0.15, 0.2) is 0 Å². The van der Waals surface area contributed by atoms with Crippen molar-refractivity contribution >= 4 is 18.3 Å². The second kappa shape index (κ2) is 8.98. The molecule has 0 unspecified atom stereocenters. The van der Waals surface area contributed by atoms with E-state index in [9.17, 15) is 4.79 Å². The zero-order valence-electron chi connectivity index (χ0n) is 12.0. The SMILES string of the molecule is Cl.NCCCC(=O)N(Cc1ccccc1)CC1CCC1. The molecular formula is C16H25ClN2O. The van der Waals surface area contributed by atoms with Crippen LogP contribution in [0, 0.1) is 5.92 Å². The number of hydrogen-bond acceptors (Lipinski definition) is 2. The Bertz CT molecular complexity index is 393. The van der Waals surface area contributed by atoms with Crippen LogP contribution in [0.25, 0.3) is 0 Å². The van der Waals surface area contributed by atoms with Gasteiger partial charge in [-0.05, 0) is 37.3 Å². The van der Waals surface area contributed by atoms with E-state index < -0.39 is 0 Å². The van der Waals surface area contributed by atoms with Crippen molar-refractivity contribution in [3.05, 3.63) is 35.9 Å². The zero-order valence-corrected chi connectivity index (χ0v) is 12.8. The highest BCUT2D eigenvalue weighted by atomic mass is 35.5. The summed E-state index contributed by atoms with van der Waals surface area (Å²) >= 11 is 0. The summed E-state index contributed by atoms with van der Waals surface area (Å²) in [6.07, 6.45) is 5.23. The molecular weight excluding hydrogens is 272 g/mol. The van der Waals surface area contributed by atoms with Crippen molar-refractivity contribution in [2.75, 3.05) is 13.1 Å². The van der Waals surface area contributed by atoms with E-state index in [1.165, 1.54) is 24.8 Å². The predicted octanol–water partition coefficient (Wildman–Crippen LogP) is 2.98. The summed E-state index contributed by atoms with van der Waals surface area (Å²) < 4.78 is 0. The lowest BCUT2D eigenvalue weighted by Gasteiger charge is -2.32. The van der Waals surface area contributed by atoms with Crippen molar-refractivity contribution < 1.29 is 4.79 Å². The molecule has 20 heavy (non-hydrogen) atoms. The molecule has 0 heterocycles. The molecule has 0 aliphatic heterocycles. The standard InChI is InChI=1S/C16H24N2O.ClH/c17-11-5-10-16(19)18(13-15-8-4-9-15)12-14-6-2-1-3-7-14;/h1-3,6-7,15H,4-5,8-13,17H2;1H. The van der Waals surface area contributed by atoms with Crippen LogP contribution in [0.15, 0.2) is 30.3 Å². The van der Waals surface area contributed by atoms with Gasteiger partial charge < -0.3 is 10.6 Å². The summed E-state index contributed by atoms with van der Waals surface area (Å²) in [4.78, 5) is 14.3. The maximum absolute atomic E-state index is 12.3. The average molecular weight is 297 g/mol. The van der Waals surface area contributed by atoms with Gasteiger partial charge in [-0.1, -0.05) is 36.8 Å². The zero-order chi connectivity index (χ0) is 13.5. The Labute approximate surface area is 127 Å². The molecule has 1 aromatic rings. The van der Waals surface area contributed by atoms with Crippen LogP contribution in [0.3, 0.4) is 0 Å². The molecule has 0 bridgehead atoms. The van der Waals surface area contributed by atoms with Gasteiger partial charge in [0.05, 0.1) is 0 Å². The molecule has 1 aliphatic rings. The van der Waals surface area contributed by atoms with Crippen LogP contribution in [0.2, 0.25) is 0 Å². The molecule has 3 nitrogen and oxygen atoms in total. The van der Waals surface area contributed by atoms with Gasteiger partial charge in [-0.3, -0.25) is 4.79 Å². The fraction of sp³-hybridized carbons (Fsp3) is 0.562. The molecule has 112 valence electrons. The highest BCUT2D eigenvalue weighted by molar-refractivity contribution is 5.85. The van der Waals surface area contributed by atoms with E-state index >= 15 is 0 Å². The predicted molar refractivity (Wildman–Crippen MR) is 84.7 cm³/mol. The van der Waals surface area contributed by atoms with E-state index in [4.69, 9.17) is 5.73 Å². The van der Waals surface area contributed by atoms with Crippen LogP contribution >= 0.6 is 12.4 Å². The second-order valence-electron chi connectivity index (χ2n) is 5.45. The minimum Gasteiger partial charge on any atom is -0.338 e. The minimum absolute atomic E-state index is 0. The highest BCUT2D eigenvalue weighted by Crippen LogP contribution is 2.27. The average Bonchev–Trinajstić information content (AvgIpc) is 2.39. The third kappa shape index (κ3) is 5.14. The summed E-state index contributed by atoms with van der Waals surface area (Å²) in [5.41, 5.74) is 6.71. The Morgan fingerprint density at radius 3 is 2.50 bits per heavy atom. The van der Waals surface area contributed by atoms with Crippen molar-refractivity contribution in [1.29, 1.82) is 0 Å². The fourth-order valence-corrected chi connectivity index (χ4v) is 2.46. The number of rotatable bonds is 7. The molecule has 4 heteroatoms. The van der Waals surface area contributed by atoms with Gasteiger partial charge in [0.1, 0.15) is 0 Å². The topological polar surface area (TPSA) is 46.3 Å². The highest BCUT2D eigenvalue weighted by Gasteiger charge is 2.23. The Kier molecular flexibility index (Phi) is 7.63. The summed E-state index contributed by atoms with van der Waals surface area (Å²) in [5, 5.41) is 0. The Balaban J connectivity index is 0.00000200. The molecule has 1 amide bonds. The van der Waals surface area contributed by atoms with Crippen molar-refractivity contribution in [3.63, 3.8) is 0 Å². The van der Waals surface area contributed by atoms with Crippen molar-refractivity contribution in [3.8, 4) is 0 Å². The molecule has 1 fully saturated rings. The van der Waals surface area contributed by atoms with E-state index in [0.717, 1.165) is 19.5 Å². The van der Waals surface area contributed by atoms with E-state index in [1.54, 1.807) is 0 Å². The number of hydrogen-bond donors (Lipinski definition) is 1. The first-order valence-electron chi connectivity index (χ1n) is 7.31. The Hall–Kier alpha value is -1.06. The van der Waals surface area contributed by atoms with Crippen LogP contribution in [0.5, 0.6) is 0 Å². The molecule has 1 aromatic carbocycles. The fourth-order valence-electron chi connectivity index (χ4n) is 2.46. The lowest BCUT2D eigenvalue weighted by Crippen LogP contribution is -2.37. The monoisotopic (exact) mass is 296 g/mol. The van der Waals surface area contributed by atoms with Crippen molar-refractivity contribution in [2.24, 2.45) is 11.7 Å². The smallest absolute Gasteiger partial charge is 0.222 e. The summed E-state index contributed by atoms with van der Waals surface area (Å²) in [6, 6.07) is 10.2. The third-order valence-electron chi connectivity index (χ3n) is 3.87. The lowest BCUT2D eigenvalue weighted by molar-refractivity contribution is -0.133. The number of benzene rings is 1. The number of amides is 1. The minimum atomic E-state index is 0. The Morgan fingerprint density at radius 2 is 1.95 bits per heavy atom. The van der Waals surface area contributed by atoms with E-state index in [1.807, 2.05) is 23.1 Å². The van der Waals surface area contributed by atoms with Gasteiger partial charge in [0, 0.05) is 19.5 Å². The van der Waals surface area contributed by atoms with E-state index in [-0.39, 0.29) is 18.3 Å². The van der Waals surface area contributed by atoms with Gasteiger partial charge in [0.25, 0.3) is 0 Å². The quantitative estimate of drug-likeness (QED) is 0.841. The molecule has 0 atom stereocenters. The van der Waals surface area contributed by atoms with Gasteiger partial charge >= 0.3 is 0 Å². The Morgan fingerprint density at radius 1 is 1.25 bits per heavy atom. The molecule has 0 spiro atoms. The molecule has 2 N–H and O–H groups in total. The third-order valence-corrected chi connectivity index (χ3v) is 3.87. The molecule has 1 aliphatic carbocycles. The van der Waals surface area contributed by atoms with Gasteiger partial charge in [-0.25, -0.2) is 0 Å². The molecule has 0 radical (unpaired) electrons. The number of carbonyl (C=O) groups is 1. The first-order valence-corrected chi connectivity index (χ1v) is 7.31. The second-order valence-corrected chi connectivity index (χ2v) is 5.45. The first-order chi connectivity index (χ1) is 9.29. The van der Waals surface area contributed by atoms with Crippen molar-refractivity contribution in [1.82, 2.24) is 4.90 Å². The van der Waals surface area contributed by atoms with Gasteiger partial charge in [-0.2, -0.15) is 0 Å².